The van der Waals surface area contributed by atoms with Crippen molar-refractivity contribution in [2.45, 2.75) is 33.6 Å². The van der Waals surface area contributed by atoms with Gasteiger partial charge in [-0.05, 0) is 30.9 Å². The molecular formula is C16H24N2O3. The number of rotatable bonds is 8. The molecule has 0 fully saturated rings. The summed E-state index contributed by atoms with van der Waals surface area (Å²) in [5.74, 6) is -0.0320. The Labute approximate surface area is 126 Å². The minimum Gasteiger partial charge on any atom is -0.463 e. The van der Waals surface area contributed by atoms with Gasteiger partial charge < -0.3 is 15.3 Å². The Hall–Kier alpha value is -2.04. The highest BCUT2D eigenvalue weighted by Crippen LogP contribution is 2.11. The van der Waals surface area contributed by atoms with E-state index in [1.807, 2.05) is 6.92 Å². The molecule has 0 aliphatic heterocycles. The van der Waals surface area contributed by atoms with Crippen molar-refractivity contribution in [3.8, 4) is 0 Å². The number of amidine groups is 1. The summed E-state index contributed by atoms with van der Waals surface area (Å²) in [6.07, 6.45) is 1.81. The normalized spacial score (nSPS) is 12.8. The predicted octanol–water partition coefficient (Wildman–Crippen LogP) is 2.28. The molecule has 0 radical (unpaired) electrons. The number of esters is 1. The second-order valence-corrected chi connectivity index (χ2v) is 4.87. The van der Waals surface area contributed by atoms with Gasteiger partial charge in [0.25, 0.3) is 0 Å². The number of carbonyl (C=O) groups is 1. The van der Waals surface area contributed by atoms with Crippen LogP contribution in [0.15, 0.2) is 29.4 Å². The molecule has 0 heterocycles. The monoisotopic (exact) mass is 292 g/mol. The Morgan fingerprint density at radius 3 is 2.43 bits per heavy atom. The number of carbonyl (C=O) groups excluding carboxylic acids is 1. The highest BCUT2D eigenvalue weighted by Gasteiger charge is 2.10. The summed E-state index contributed by atoms with van der Waals surface area (Å²) in [7, 11) is 0. The second kappa shape index (κ2) is 9.00. The molecule has 0 amide bonds. The van der Waals surface area contributed by atoms with E-state index in [1.54, 1.807) is 6.92 Å². The van der Waals surface area contributed by atoms with Crippen LogP contribution in [0.1, 0.15) is 31.9 Å². The molecule has 1 atom stereocenters. The standard InChI is InChI=1S/C16H24N2O3/c1-4-13-6-8-14(9-7-13)10-12(3)16(17)18-21-11-15(19)20-5-2/h6-9,12H,4-5,10-11H2,1-3H3,(H2,17,18)/t12-/m0/s1. The van der Waals surface area contributed by atoms with Crippen LogP contribution in [0.2, 0.25) is 0 Å². The van der Waals surface area contributed by atoms with Gasteiger partial charge in [-0.25, -0.2) is 4.79 Å². The number of benzene rings is 1. The molecule has 1 aromatic rings. The maximum Gasteiger partial charge on any atom is 0.347 e. The summed E-state index contributed by atoms with van der Waals surface area (Å²) in [5, 5.41) is 3.77. The zero-order valence-electron chi connectivity index (χ0n) is 13.0. The van der Waals surface area contributed by atoms with E-state index in [0.29, 0.717) is 12.4 Å². The number of aryl methyl sites for hydroxylation is 1. The van der Waals surface area contributed by atoms with Crippen molar-refractivity contribution in [1.82, 2.24) is 0 Å². The number of hydrogen-bond acceptors (Lipinski definition) is 4. The molecule has 5 nitrogen and oxygen atoms in total. The molecule has 116 valence electrons. The average Bonchev–Trinajstić information content (AvgIpc) is 2.48. The van der Waals surface area contributed by atoms with E-state index >= 15 is 0 Å². The van der Waals surface area contributed by atoms with Crippen LogP contribution in [0.4, 0.5) is 0 Å². The number of ether oxygens (including phenoxy) is 1. The van der Waals surface area contributed by atoms with Crippen molar-refractivity contribution in [2.24, 2.45) is 16.8 Å². The number of hydrogen-bond donors (Lipinski definition) is 1. The summed E-state index contributed by atoms with van der Waals surface area (Å²) >= 11 is 0. The van der Waals surface area contributed by atoms with Crippen LogP contribution in [0.3, 0.4) is 0 Å². The van der Waals surface area contributed by atoms with Gasteiger partial charge in [0.05, 0.1) is 6.61 Å². The molecule has 0 aliphatic rings. The third kappa shape index (κ3) is 6.29. The van der Waals surface area contributed by atoms with Gasteiger partial charge >= 0.3 is 5.97 Å². The Morgan fingerprint density at radius 1 is 1.24 bits per heavy atom. The van der Waals surface area contributed by atoms with Crippen molar-refractivity contribution in [1.29, 1.82) is 0 Å². The van der Waals surface area contributed by atoms with Gasteiger partial charge in [-0.3, -0.25) is 0 Å². The molecule has 1 aromatic carbocycles. The molecule has 0 aliphatic carbocycles. The molecule has 0 unspecified atom stereocenters. The van der Waals surface area contributed by atoms with Gasteiger partial charge in [0.15, 0.2) is 0 Å². The zero-order valence-corrected chi connectivity index (χ0v) is 13.0. The third-order valence-corrected chi connectivity index (χ3v) is 3.14. The lowest BCUT2D eigenvalue weighted by molar-refractivity contribution is -0.148. The van der Waals surface area contributed by atoms with E-state index in [4.69, 9.17) is 15.3 Å². The molecule has 0 bridgehead atoms. The molecule has 0 spiro atoms. The molecular weight excluding hydrogens is 268 g/mol. The molecule has 2 N–H and O–H groups in total. The van der Waals surface area contributed by atoms with Gasteiger partial charge in [0.2, 0.25) is 6.61 Å². The smallest absolute Gasteiger partial charge is 0.347 e. The van der Waals surface area contributed by atoms with Crippen molar-refractivity contribution in [3.63, 3.8) is 0 Å². The first-order chi connectivity index (χ1) is 10.1. The Bertz CT molecular complexity index is 469. The van der Waals surface area contributed by atoms with Gasteiger partial charge in [0, 0.05) is 5.92 Å². The van der Waals surface area contributed by atoms with Crippen LogP contribution in [0.25, 0.3) is 0 Å². The molecule has 1 rings (SSSR count). The topological polar surface area (TPSA) is 73.9 Å². The van der Waals surface area contributed by atoms with E-state index in [2.05, 4.69) is 36.3 Å². The molecule has 0 saturated carbocycles. The maximum atomic E-state index is 11.1. The first kappa shape index (κ1) is 17.0. The van der Waals surface area contributed by atoms with Crippen LogP contribution in [-0.2, 0) is 27.2 Å². The maximum absolute atomic E-state index is 11.1. The molecule has 21 heavy (non-hydrogen) atoms. The lowest BCUT2D eigenvalue weighted by Crippen LogP contribution is -2.24. The van der Waals surface area contributed by atoms with Crippen molar-refractivity contribution in [2.75, 3.05) is 13.2 Å². The quantitative estimate of drug-likeness (QED) is 0.345. The van der Waals surface area contributed by atoms with Crippen LogP contribution in [0, 0.1) is 5.92 Å². The van der Waals surface area contributed by atoms with Crippen LogP contribution in [0.5, 0.6) is 0 Å². The number of oxime groups is 1. The lowest BCUT2D eigenvalue weighted by atomic mass is 9.99. The lowest BCUT2D eigenvalue weighted by Gasteiger charge is -2.11. The highest BCUT2D eigenvalue weighted by atomic mass is 16.7. The summed E-state index contributed by atoms with van der Waals surface area (Å²) in [4.78, 5) is 16.0. The van der Waals surface area contributed by atoms with E-state index < -0.39 is 5.97 Å². The predicted molar refractivity (Wildman–Crippen MR) is 82.9 cm³/mol. The fourth-order valence-corrected chi connectivity index (χ4v) is 1.82. The van der Waals surface area contributed by atoms with Crippen LogP contribution >= 0.6 is 0 Å². The molecule has 0 aromatic heterocycles. The summed E-state index contributed by atoms with van der Waals surface area (Å²) in [5.41, 5.74) is 8.36. The number of nitrogens with zero attached hydrogens (tertiary/aromatic N) is 1. The van der Waals surface area contributed by atoms with Crippen molar-refractivity contribution >= 4 is 11.8 Å². The van der Waals surface area contributed by atoms with E-state index in [9.17, 15) is 4.79 Å². The Morgan fingerprint density at radius 2 is 1.86 bits per heavy atom. The third-order valence-electron chi connectivity index (χ3n) is 3.14. The summed E-state index contributed by atoms with van der Waals surface area (Å²) < 4.78 is 4.73. The fourth-order valence-electron chi connectivity index (χ4n) is 1.82. The minimum absolute atomic E-state index is 0.0414. The van der Waals surface area contributed by atoms with Gasteiger partial charge in [0.1, 0.15) is 5.84 Å². The number of nitrogens with two attached hydrogens (primary N) is 1. The van der Waals surface area contributed by atoms with Crippen LogP contribution < -0.4 is 5.73 Å². The Balaban J connectivity index is 2.45. The SMILES string of the molecule is CCOC(=O)CO/N=C(\N)[C@@H](C)Cc1ccc(CC)cc1. The first-order valence-corrected chi connectivity index (χ1v) is 7.25. The van der Waals surface area contributed by atoms with Crippen LogP contribution in [-0.4, -0.2) is 25.0 Å². The van der Waals surface area contributed by atoms with E-state index in [1.165, 1.54) is 11.1 Å². The first-order valence-electron chi connectivity index (χ1n) is 7.25. The zero-order chi connectivity index (χ0) is 15.7. The van der Waals surface area contributed by atoms with Gasteiger partial charge in [-0.2, -0.15) is 0 Å². The largest absolute Gasteiger partial charge is 0.463 e. The average molecular weight is 292 g/mol. The summed E-state index contributed by atoms with van der Waals surface area (Å²) in [6, 6.07) is 8.43. The van der Waals surface area contributed by atoms with Crippen molar-refractivity contribution < 1.29 is 14.4 Å². The second-order valence-electron chi connectivity index (χ2n) is 4.87. The highest BCUT2D eigenvalue weighted by molar-refractivity contribution is 5.82. The van der Waals surface area contributed by atoms with Crippen molar-refractivity contribution in [3.05, 3.63) is 35.4 Å². The fraction of sp³-hybridized carbons (Fsp3) is 0.500. The van der Waals surface area contributed by atoms with E-state index in [0.717, 1.165) is 12.8 Å². The van der Waals surface area contributed by atoms with Gasteiger partial charge in [-0.15, -0.1) is 0 Å². The summed E-state index contributed by atoms with van der Waals surface area (Å²) in [6.45, 7) is 5.95. The van der Waals surface area contributed by atoms with Gasteiger partial charge in [-0.1, -0.05) is 43.3 Å². The molecule has 5 heteroatoms. The minimum atomic E-state index is -0.447. The van der Waals surface area contributed by atoms with E-state index in [-0.39, 0.29) is 12.5 Å². The Kier molecular flexibility index (Phi) is 7.29. The molecule has 0 saturated heterocycles.